The third-order valence-corrected chi connectivity index (χ3v) is 32.9. The number of rotatable bonds is 14. The lowest BCUT2D eigenvalue weighted by Crippen LogP contribution is -2.58. The highest BCUT2D eigenvalue weighted by Gasteiger charge is 2.64. The molecule has 0 radical (unpaired) electrons. The Labute approximate surface area is 699 Å². The van der Waals surface area contributed by atoms with Crippen molar-refractivity contribution in [2.75, 3.05) is 64.3 Å². The van der Waals surface area contributed by atoms with Crippen LogP contribution in [0, 0.1) is 96.6 Å². The molecule has 5 N–H and O–H groups in total. The molecule has 4 aromatic rings. The summed E-state index contributed by atoms with van der Waals surface area (Å²) in [5.74, 6) is 6.75. The van der Waals surface area contributed by atoms with Crippen molar-refractivity contribution in [3.05, 3.63) is 90.0 Å². The SMILES string of the molecule is CC1(C)CCC[C@@]2(C)C1CC[C@@]1(C)OC(=O)C[C@@H]12.CC1=CCC2C(C)(C)CCC[C@]2(C)[C@H]1CC(=O)N(C)c1cc(O)cc(O)c1.CCc1cc(OC)cc(OC)c1.COc1cc(OC)cc(N(C)C(=O)C[C@@H]2[C@@]3(C)CCCC(C)(C)C3CC[C@@]2(C)O)c1.C[C@H]1[C@H](Br)CC2C(C)(C)CCC[C@]2(C)[C@H]1CC(=O)N(C)c1cc(O)cc(O)c1. The van der Waals surface area contributed by atoms with Gasteiger partial charge in [0.1, 0.15) is 51.6 Å². The maximum atomic E-state index is 13.4. The van der Waals surface area contributed by atoms with Gasteiger partial charge in [0.15, 0.2) is 0 Å². The second kappa shape index (κ2) is 35.7. The highest BCUT2D eigenvalue weighted by atomic mass is 79.9. The smallest absolute Gasteiger partial charge is 0.306 e. The second-order valence-electron chi connectivity index (χ2n) is 40.6. The van der Waals surface area contributed by atoms with Gasteiger partial charge in [-0.3, -0.25) is 19.2 Å². The summed E-state index contributed by atoms with van der Waals surface area (Å²) >= 11 is 3.93. The first-order chi connectivity index (χ1) is 53.5. The van der Waals surface area contributed by atoms with Crippen molar-refractivity contribution < 1.29 is 68.4 Å². The van der Waals surface area contributed by atoms with Crippen molar-refractivity contribution >= 4 is 56.7 Å². The number of halogens is 1. The number of alkyl halides is 1. The topological polar surface area (TPSA) is 225 Å². The molecule has 13 rings (SSSR count). The summed E-state index contributed by atoms with van der Waals surface area (Å²) < 4.78 is 26.7. The molecule has 9 aliphatic rings. The summed E-state index contributed by atoms with van der Waals surface area (Å²) in [5, 5.41) is 50.4. The number of hydrogen-bond acceptors (Lipinski definition) is 14. The van der Waals surface area contributed by atoms with Crippen LogP contribution in [0.15, 0.2) is 84.4 Å². The number of hydrogen-bond donors (Lipinski definition) is 5. The Bertz CT molecular complexity index is 3990. The number of phenols is 4. The van der Waals surface area contributed by atoms with E-state index in [4.69, 9.17) is 23.7 Å². The van der Waals surface area contributed by atoms with E-state index in [-0.39, 0.29) is 85.8 Å². The van der Waals surface area contributed by atoms with Crippen LogP contribution in [0.4, 0.5) is 17.1 Å². The lowest BCUT2D eigenvalue weighted by atomic mass is 9.45. The first-order valence-electron chi connectivity index (χ1n) is 43.1. The lowest BCUT2D eigenvalue weighted by molar-refractivity contribution is -0.172. The number of phenolic OH excluding ortho intramolecular Hbond substituents is 4. The Kier molecular flexibility index (Phi) is 28.6. The predicted octanol–water partition coefficient (Wildman–Crippen LogP) is 22.2. The molecule has 18 heteroatoms. The summed E-state index contributed by atoms with van der Waals surface area (Å²) in [6.07, 6.45) is 26.3. The van der Waals surface area contributed by atoms with Crippen LogP contribution in [0.2, 0.25) is 0 Å². The summed E-state index contributed by atoms with van der Waals surface area (Å²) in [7, 11) is 11.8. The number of ether oxygens (including phenoxy) is 5. The molecule has 8 aliphatic carbocycles. The average molecular weight is 1660 g/mol. The number of esters is 1. The van der Waals surface area contributed by atoms with Crippen molar-refractivity contribution in [2.24, 2.45) is 96.6 Å². The average Bonchev–Trinajstić information content (AvgIpc) is 1.70. The van der Waals surface area contributed by atoms with Gasteiger partial charge in [0, 0.05) is 118 Å². The number of methoxy groups -OCH3 is 4. The molecule has 4 unspecified atom stereocenters. The van der Waals surface area contributed by atoms with Crippen molar-refractivity contribution in [3.8, 4) is 46.0 Å². The fourth-order valence-corrected chi connectivity index (χ4v) is 25.9. The van der Waals surface area contributed by atoms with Crippen LogP contribution in [0.25, 0.3) is 0 Å². The number of nitrogens with zero attached hydrogens (tertiary/aromatic N) is 3. The van der Waals surface area contributed by atoms with Crippen LogP contribution >= 0.6 is 15.9 Å². The Morgan fingerprint density at radius 2 is 0.870 bits per heavy atom. The molecule has 640 valence electrons. The minimum atomic E-state index is -0.832. The monoisotopic (exact) mass is 1660 g/mol. The van der Waals surface area contributed by atoms with Crippen LogP contribution in [0.1, 0.15) is 265 Å². The molecule has 1 aliphatic heterocycles. The zero-order valence-electron chi connectivity index (χ0n) is 74.7. The zero-order valence-corrected chi connectivity index (χ0v) is 76.3. The Morgan fingerprint density at radius 3 is 1.34 bits per heavy atom. The first-order valence-corrected chi connectivity index (χ1v) is 44.0. The number of amides is 3. The van der Waals surface area contributed by atoms with E-state index in [2.05, 4.69) is 133 Å². The predicted molar refractivity (Wildman–Crippen MR) is 466 cm³/mol. The lowest BCUT2D eigenvalue weighted by Gasteiger charge is -2.61. The fourth-order valence-electron chi connectivity index (χ4n) is 25.1. The van der Waals surface area contributed by atoms with Gasteiger partial charge >= 0.3 is 5.97 Å². The van der Waals surface area contributed by atoms with E-state index < -0.39 is 5.60 Å². The Hall–Kier alpha value is -6.66. The largest absolute Gasteiger partial charge is 0.508 e. The summed E-state index contributed by atoms with van der Waals surface area (Å²) in [5.41, 5.74) is 5.16. The summed E-state index contributed by atoms with van der Waals surface area (Å²) in [6.45, 7) is 39.3. The molecule has 8 fully saturated rings. The summed E-state index contributed by atoms with van der Waals surface area (Å²) in [4.78, 5) is 56.7. The summed E-state index contributed by atoms with van der Waals surface area (Å²) in [6, 6.07) is 20.0. The van der Waals surface area contributed by atoms with Gasteiger partial charge in [-0.05, 0) is 220 Å². The third kappa shape index (κ3) is 19.8. The van der Waals surface area contributed by atoms with Crippen LogP contribution in [-0.4, -0.2) is 115 Å². The van der Waals surface area contributed by atoms with Crippen molar-refractivity contribution in [1.29, 1.82) is 0 Å². The molecular formula is C97H146BrN3O14. The van der Waals surface area contributed by atoms with Gasteiger partial charge in [-0.25, -0.2) is 0 Å². The molecule has 16 atom stereocenters. The number of aryl methyl sites for hydroxylation is 1. The molecule has 1 saturated heterocycles. The highest BCUT2D eigenvalue weighted by molar-refractivity contribution is 9.09. The fraction of sp³-hybridized carbons (Fsp3) is 0.691. The minimum absolute atomic E-state index is 0.0147. The highest BCUT2D eigenvalue weighted by Crippen LogP contribution is 2.68. The Morgan fingerprint density at radius 1 is 0.478 bits per heavy atom. The zero-order chi connectivity index (χ0) is 85.3. The second-order valence-corrected chi connectivity index (χ2v) is 41.8. The van der Waals surface area contributed by atoms with Crippen molar-refractivity contribution in [2.45, 2.75) is 281 Å². The maximum Gasteiger partial charge on any atom is 0.306 e. The number of fused-ring (bicyclic) bond motifs is 6. The van der Waals surface area contributed by atoms with Crippen molar-refractivity contribution in [3.63, 3.8) is 0 Å². The van der Waals surface area contributed by atoms with E-state index in [1.165, 1.54) is 125 Å². The van der Waals surface area contributed by atoms with Crippen molar-refractivity contribution in [1.82, 2.24) is 0 Å². The van der Waals surface area contributed by atoms with E-state index in [0.29, 0.717) is 111 Å². The van der Waals surface area contributed by atoms with E-state index in [0.717, 1.165) is 68.1 Å². The normalized spacial score (nSPS) is 32.8. The molecule has 4 aromatic carbocycles. The van der Waals surface area contributed by atoms with E-state index in [1.807, 2.05) is 37.3 Å². The number of anilines is 3. The van der Waals surface area contributed by atoms with Gasteiger partial charge in [-0.2, -0.15) is 0 Å². The van der Waals surface area contributed by atoms with Crippen LogP contribution < -0.4 is 33.6 Å². The standard InChI is InChI=1S/C25H39NO4.C23H34BrNO3.C23H33NO3.C16H26O2.C10H14O2/c1-23(2)10-8-11-24(3)20(23)9-12-25(4,28)21(24)16-22(27)26(5)17-13-18(29-6)15-19(14-17)30-7;1-14-18(12-21(28)25(5)15-9-16(26)11-17(27)10-15)23(4)8-6-7-22(2,3)20(23)13-19(14)24;1-15-7-8-20-22(2,3)9-6-10-23(20,4)19(15)14-21(27)24(5)16-11-17(25)13-18(26)12-16;1-14(2)7-5-8-15(3)11(14)6-9-16(4)12(15)10-13(17)18-16;1-4-8-5-9(11-2)7-10(6-8)12-3/h13-15,20-21,28H,8-12,16H2,1-7H3;9-11,14,18-20,26-27H,6-8,12-13H2,1-5H3;7,11-13,19-20,25-26H,6,8-10,14H2,1-5H3;11-12H,5-10H2,1-4H3;5-7H,4H2,1-3H3/t20?,21-,24+,25-;14-,18+,19-,20?,23-;19-,20?,23+;11?,12-,15+,16-;/m1101./s1. The number of aliphatic hydroxyl groups is 1. The van der Waals surface area contributed by atoms with Crippen LogP contribution in [0.3, 0.4) is 0 Å². The van der Waals surface area contributed by atoms with Gasteiger partial charge in [-0.1, -0.05) is 150 Å². The van der Waals surface area contributed by atoms with Gasteiger partial charge in [0.2, 0.25) is 17.7 Å². The number of carbonyl (C=O) groups is 4. The number of carbonyl (C=O) groups excluding carboxylic acids is 4. The van der Waals surface area contributed by atoms with Crippen LogP contribution in [0.5, 0.6) is 46.0 Å². The van der Waals surface area contributed by atoms with Gasteiger partial charge in [-0.15, -0.1) is 0 Å². The molecule has 0 bridgehead atoms. The third-order valence-electron chi connectivity index (χ3n) is 31.7. The van der Waals surface area contributed by atoms with Gasteiger partial charge < -0.3 is 63.9 Å². The van der Waals surface area contributed by atoms with Gasteiger partial charge in [0.25, 0.3) is 0 Å². The molecule has 17 nitrogen and oxygen atoms in total. The number of allylic oxidation sites excluding steroid dienone is 2. The molecule has 0 spiro atoms. The van der Waals surface area contributed by atoms with Crippen LogP contribution in [-0.2, 0) is 30.3 Å². The molecule has 7 saturated carbocycles. The molecule has 3 amide bonds. The minimum Gasteiger partial charge on any atom is -0.508 e. The van der Waals surface area contributed by atoms with E-state index >= 15 is 0 Å². The molecule has 1 heterocycles. The first kappa shape index (κ1) is 92.2. The molecule has 0 aromatic heterocycles. The quantitative estimate of drug-likeness (QED) is 0.0450. The molecular weight excluding hydrogens is 1510 g/mol. The molecule has 115 heavy (non-hydrogen) atoms. The maximum absolute atomic E-state index is 13.4. The number of aromatic hydroxyl groups is 4. The number of benzene rings is 4. The Balaban J connectivity index is 0.000000169. The van der Waals surface area contributed by atoms with Gasteiger partial charge in [0.05, 0.1) is 57.5 Å². The van der Waals surface area contributed by atoms with E-state index in [9.17, 15) is 44.7 Å². The van der Waals surface area contributed by atoms with E-state index in [1.54, 1.807) is 70.3 Å².